The zero-order chi connectivity index (χ0) is 16.8. The Labute approximate surface area is 145 Å². The smallest absolute Gasteiger partial charge is 0.279 e. The van der Waals surface area contributed by atoms with E-state index in [-0.39, 0.29) is 5.91 Å². The molecule has 0 bridgehead atoms. The summed E-state index contributed by atoms with van der Waals surface area (Å²) in [6, 6.07) is 14.3. The molecule has 0 heterocycles. The summed E-state index contributed by atoms with van der Waals surface area (Å²) >= 11 is 11.9. The van der Waals surface area contributed by atoms with Crippen molar-refractivity contribution in [2.45, 2.75) is 6.54 Å². The normalized spacial score (nSPS) is 11.6. The molecule has 4 nitrogen and oxygen atoms in total. The van der Waals surface area contributed by atoms with E-state index in [2.05, 4.69) is 5.32 Å². The highest BCUT2D eigenvalue weighted by Crippen LogP contribution is 2.22. The number of rotatable bonds is 5. The maximum atomic E-state index is 12.0. The Kier molecular flexibility index (Phi) is 6.00. The van der Waals surface area contributed by atoms with E-state index in [0.29, 0.717) is 34.4 Å². The summed E-state index contributed by atoms with van der Waals surface area (Å²) in [6.07, 6.45) is 0. The number of carbonyl (C=O) groups is 1. The highest BCUT2D eigenvalue weighted by atomic mass is 35.5. The molecule has 0 radical (unpaired) electrons. The predicted molar refractivity (Wildman–Crippen MR) is 91.7 cm³/mol. The number of quaternary nitrogens is 1. The topological polar surface area (TPSA) is 57.3 Å². The van der Waals surface area contributed by atoms with Gasteiger partial charge in [0.2, 0.25) is 0 Å². The van der Waals surface area contributed by atoms with E-state index in [4.69, 9.17) is 28.5 Å². The maximum absolute atomic E-state index is 12.0. The molecule has 1 atom stereocenters. The number of anilines is 1. The van der Waals surface area contributed by atoms with Gasteiger partial charge in [0.1, 0.15) is 6.54 Å². The molecule has 0 aliphatic rings. The van der Waals surface area contributed by atoms with Crippen molar-refractivity contribution in [1.29, 1.82) is 5.26 Å². The van der Waals surface area contributed by atoms with E-state index in [1.54, 1.807) is 30.3 Å². The second kappa shape index (κ2) is 7.98. The van der Waals surface area contributed by atoms with E-state index < -0.39 is 0 Å². The van der Waals surface area contributed by atoms with Gasteiger partial charge >= 0.3 is 0 Å². The molecule has 23 heavy (non-hydrogen) atoms. The van der Waals surface area contributed by atoms with Gasteiger partial charge in [-0.2, -0.15) is 5.26 Å². The van der Waals surface area contributed by atoms with E-state index in [1.165, 1.54) is 0 Å². The van der Waals surface area contributed by atoms with Crippen molar-refractivity contribution in [2.24, 2.45) is 0 Å². The van der Waals surface area contributed by atoms with Crippen LogP contribution in [-0.2, 0) is 11.3 Å². The second-order valence-electron chi connectivity index (χ2n) is 5.30. The van der Waals surface area contributed by atoms with Gasteiger partial charge < -0.3 is 10.2 Å². The Morgan fingerprint density at radius 3 is 2.48 bits per heavy atom. The van der Waals surface area contributed by atoms with Crippen LogP contribution in [0.25, 0.3) is 0 Å². The van der Waals surface area contributed by atoms with Crippen molar-refractivity contribution >= 4 is 34.8 Å². The van der Waals surface area contributed by atoms with Crippen molar-refractivity contribution in [2.75, 3.05) is 18.9 Å². The average Bonchev–Trinajstić information content (AvgIpc) is 2.51. The molecule has 0 aliphatic carbocycles. The third-order valence-electron chi connectivity index (χ3n) is 3.25. The third-order valence-corrected chi connectivity index (χ3v) is 3.99. The van der Waals surface area contributed by atoms with Gasteiger partial charge in [-0.05, 0) is 36.4 Å². The van der Waals surface area contributed by atoms with Gasteiger partial charge in [-0.3, -0.25) is 4.79 Å². The fourth-order valence-electron chi connectivity index (χ4n) is 2.17. The summed E-state index contributed by atoms with van der Waals surface area (Å²) in [4.78, 5) is 13.1. The minimum atomic E-state index is -0.0905. The van der Waals surface area contributed by atoms with Gasteiger partial charge in [-0.15, -0.1) is 0 Å². The van der Waals surface area contributed by atoms with Gasteiger partial charge in [-0.1, -0.05) is 29.3 Å². The summed E-state index contributed by atoms with van der Waals surface area (Å²) in [7, 11) is 1.93. The zero-order valence-corrected chi connectivity index (χ0v) is 14.1. The molecule has 0 saturated carbocycles. The van der Waals surface area contributed by atoms with Crippen LogP contribution in [0.4, 0.5) is 5.69 Å². The molecule has 0 saturated heterocycles. The SMILES string of the molecule is C[NH+](CC(=O)Nc1ccc(C#N)cc1)Cc1ccc(Cl)c(Cl)c1. The molecule has 0 spiro atoms. The molecule has 0 aromatic heterocycles. The van der Waals surface area contributed by atoms with Crippen molar-refractivity contribution in [3.8, 4) is 6.07 Å². The highest BCUT2D eigenvalue weighted by molar-refractivity contribution is 6.42. The lowest BCUT2D eigenvalue weighted by atomic mass is 10.2. The fourth-order valence-corrected chi connectivity index (χ4v) is 2.49. The molecule has 0 fully saturated rings. The van der Waals surface area contributed by atoms with Crippen LogP contribution in [0, 0.1) is 11.3 Å². The Morgan fingerprint density at radius 2 is 1.87 bits per heavy atom. The van der Waals surface area contributed by atoms with Gasteiger partial charge in [-0.25, -0.2) is 0 Å². The number of nitrogens with zero attached hydrogens (tertiary/aromatic N) is 1. The van der Waals surface area contributed by atoms with Gasteiger partial charge in [0.15, 0.2) is 6.54 Å². The Morgan fingerprint density at radius 1 is 1.17 bits per heavy atom. The number of halogens is 2. The van der Waals surface area contributed by atoms with Crippen LogP contribution >= 0.6 is 23.2 Å². The number of nitriles is 1. The number of hydrogen-bond donors (Lipinski definition) is 2. The van der Waals surface area contributed by atoms with Gasteiger partial charge in [0, 0.05) is 11.3 Å². The van der Waals surface area contributed by atoms with Crippen LogP contribution in [0.2, 0.25) is 10.0 Å². The lowest BCUT2D eigenvalue weighted by Crippen LogP contribution is -3.08. The van der Waals surface area contributed by atoms with E-state index in [1.807, 2.05) is 25.2 Å². The first-order valence-corrected chi connectivity index (χ1v) is 7.79. The first-order valence-electron chi connectivity index (χ1n) is 7.03. The first-order chi connectivity index (χ1) is 11.0. The van der Waals surface area contributed by atoms with Crippen LogP contribution in [0.1, 0.15) is 11.1 Å². The molecule has 2 N–H and O–H groups in total. The zero-order valence-electron chi connectivity index (χ0n) is 12.6. The molecular weight excluding hydrogens is 333 g/mol. The number of nitrogens with one attached hydrogen (secondary N) is 2. The van der Waals surface area contributed by atoms with Crippen molar-refractivity contribution in [3.05, 3.63) is 63.6 Å². The van der Waals surface area contributed by atoms with E-state index in [9.17, 15) is 4.79 Å². The summed E-state index contributed by atoms with van der Waals surface area (Å²) < 4.78 is 0. The molecular formula is C17H16Cl2N3O+. The summed E-state index contributed by atoms with van der Waals surface area (Å²) in [6.45, 7) is 0.984. The lowest BCUT2D eigenvalue weighted by Gasteiger charge is -2.14. The molecule has 0 aliphatic heterocycles. The number of benzene rings is 2. The van der Waals surface area contributed by atoms with Gasteiger partial charge in [0.25, 0.3) is 5.91 Å². The molecule has 2 aromatic carbocycles. The largest absolute Gasteiger partial charge is 0.326 e. The Hall–Kier alpha value is -2.06. The minimum Gasteiger partial charge on any atom is -0.326 e. The van der Waals surface area contributed by atoms with Crippen LogP contribution in [0.3, 0.4) is 0 Å². The average molecular weight is 349 g/mol. The number of carbonyl (C=O) groups excluding carboxylic acids is 1. The first kappa shape index (κ1) is 17.3. The van der Waals surface area contributed by atoms with Gasteiger partial charge in [0.05, 0.1) is 28.7 Å². The Bertz CT molecular complexity index is 738. The van der Waals surface area contributed by atoms with E-state index in [0.717, 1.165) is 10.5 Å². The van der Waals surface area contributed by atoms with E-state index >= 15 is 0 Å². The molecule has 118 valence electrons. The standard InChI is InChI=1S/C17H15Cl2N3O/c1-22(10-13-4-7-15(18)16(19)8-13)11-17(23)21-14-5-2-12(9-20)3-6-14/h2-8H,10-11H2,1H3,(H,21,23)/p+1. The van der Waals surface area contributed by atoms with Crippen LogP contribution in [0.15, 0.2) is 42.5 Å². The van der Waals surface area contributed by atoms with Crippen LogP contribution in [-0.4, -0.2) is 19.5 Å². The maximum Gasteiger partial charge on any atom is 0.279 e. The van der Waals surface area contributed by atoms with Crippen molar-refractivity contribution < 1.29 is 9.69 Å². The molecule has 1 amide bonds. The fraction of sp³-hybridized carbons (Fsp3) is 0.176. The number of hydrogen-bond acceptors (Lipinski definition) is 2. The Balaban J connectivity index is 1.88. The van der Waals surface area contributed by atoms with Crippen molar-refractivity contribution in [3.63, 3.8) is 0 Å². The lowest BCUT2D eigenvalue weighted by molar-refractivity contribution is -0.885. The minimum absolute atomic E-state index is 0.0905. The van der Waals surface area contributed by atoms with Crippen LogP contribution < -0.4 is 10.2 Å². The number of amides is 1. The number of likely N-dealkylation sites (N-methyl/N-ethyl adjacent to an activating group) is 1. The highest BCUT2D eigenvalue weighted by Gasteiger charge is 2.11. The third kappa shape index (κ3) is 5.26. The summed E-state index contributed by atoms with van der Waals surface area (Å²) in [5.41, 5.74) is 2.25. The second-order valence-corrected chi connectivity index (χ2v) is 6.11. The summed E-state index contributed by atoms with van der Waals surface area (Å²) in [5, 5.41) is 12.6. The molecule has 2 rings (SSSR count). The van der Waals surface area contributed by atoms with Crippen LogP contribution in [0.5, 0.6) is 0 Å². The molecule has 6 heteroatoms. The molecule has 1 unspecified atom stereocenters. The van der Waals surface area contributed by atoms with Crippen molar-refractivity contribution in [1.82, 2.24) is 0 Å². The quantitative estimate of drug-likeness (QED) is 0.872. The summed E-state index contributed by atoms with van der Waals surface area (Å²) in [5.74, 6) is -0.0905. The predicted octanol–water partition coefficient (Wildman–Crippen LogP) is 2.52. The monoisotopic (exact) mass is 348 g/mol. The molecule has 2 aromatic rings.